The SMILES string of the molecule is O=C1CC1.[H-].[Li+]. The molecule has 2 heteroatoms. The normalized spacial score (nSPS) is 17.2. The van der Waals surface area contributed by atoms with Crippen LogP contribution in [0.2, 0.25) is 0 Å². The first-order chi connectivity index (χ1) is 1.89. The van der Waals surface area contributed by atoms with E-state index in [9.17, 15) is 4.79 Å². The Morgan fingerprint density at radius 2 is 1.80 bits per heavy atom. The van der Waals surface area contributed by atoms with Gasteiger partial charge in [0, 0.05) is 12.8 Å². The van der Waals surface area contributed by atoms with E-state index in [0.717, 1.165) is 12.8 Å². The second-order valence-electron chi connectivity index (χ2n) is 1.04. The zero-order valence-electron chi connectivity index (χ0n) is 4.32. The van der Waals surface area contributed by atoms with E-state index in [0.29, 0.717) is 5.78 Å². The van der Waals surface area contributed by atoms with Crippen molar-refractivity contribution in [3.63, 3.8) is 0 Å². The minimum absolute atomic E-state index is 0. The van der Waals surface area contributed by atoms with Crippen molar-refractivity contribution in [3.8, 4) is 0 Å². The van der Waals surface area contributed by atoms with Crippen molar-refractivity contribution in [2.24, 2.45) is 0 Å². The predicted octanol–water partition coefficient (Wildman–Crippen LogP) is -2.53. The molecule has 0 saturated heterocycles. The van der Waals surface area contributed by atoms with Gasteiger partial charge < -0.3 is 1.43 Å². The van der Waals surface area contributed by atoms with Gasteiger partial charge in [0.05, 0.1) is 0 Å². The first-order valence-electron chi connectivity index (χ1n) is 1.41. The van der Waals surface area contributed by atoms with Gasteiger partial charge >= 0.3 is 18.9 Å². The number of rotatable bonds is 0. The Labute approximate surface area is 44.4 Å². The maximum Gasteiger partial charge on any atom is 1.00 e. The van der Waals surface area contributed by atoms with Gasteiger partial charge in [0.15, 0.2) is 0 Å². The molecular formula is C3H5LiO. The molecule has 0 unspecified atom stereocenters. The number of hydrogen-bond donors (Lipinski definition) is 0. The molecule has 24 valence electrons. The molecule has 0 bridgehead atoms. The molecule has 0 aliphatic heterocycles. The van der Waals surface area contributed by atoms with Gasteiger partial charge in [0.2, 0.25) is 0 Å². The van der Waals surface area contributed by atoms with Crippen LogP contribution in [0.3, 0.4) is 0 Å². The van der Waals surface area contributed by atoms with Crippen LogP contribution >= 0.6 is 0 Å². The molecule has 1 saturated carbocycles. The van der Waals surface area contributed by atoms with Crippen LogP contribution in [0.4, 0.5) is 0 Å². The summed E-state index contributed by atoms with van der Waals surface area (Å²) in [6.45, 7) is 0. The summed E-state index contributed by atoms with van der Waals surface area (Å²) in [6, 6.07) is 0. The topological polar surface area (TPSA) is 17.1 Å². The van der Waals surface area contributed by atoms with E-state index < -0.39 is 0 Å². The number of Topliss-reactive ketones (excluding diaryl/α,β-unsaturated/α-hetero) is 1. The summed E-state index contributed by atoms with van der Waals surface area (Å²) in [5.74, 6) is 0.417. The summed E-state index contributed by atoms with van der Waals surface area (Å²) in [7, 11) is 0. The monoisotopic (exact) mass is 64.1 g/mol. The van der Waals surface area contributed by atoms with Crippen molar-refractivity contribution >= 4 is 5.78 Å². The third kappa shape index (κ3) is 2.06. The van der Waals surface area contributed by atoms with Crippen LogP contribution in [-0.4, -0.2) is 5.78 Å². The van der Waals surface area contributed by atoms with Crippen LogP contribution < -0.4 is 18.9 Å². The van der Waals surface area contributed by atoms with E-state index in [2.05, 4.69) is 0 Å². The van der Waals surface area contributed by atoms with Gasteiger partial charge in [-0.25, -0.2) is 0 Å². The van der Waals surface area contributed by atoms with Crippen molar-refractivity contribution in [2.45, 2.75) is 12.8 Å². The standard InChI is InChI=1S/C3H4O.Li.H/c4-3-1-2-3;;/h1-2H2;;/q;+1;-1. The van der Waals surface area contributed by atoms with E-state index in [1.807, 2.05) is 0 Å². The molecule has 0 aromatic rings. The molecule has 0 amide bonds. The average Bonchev–Trinajstić information content (AvgIpc) is 1.75. The summed E-state index contributed by atoms with van der Waals surface area (Å²) < 4.78 is 0. The van der Waals surface area contributed by atoms with Crippen molar-refractivity contribution in [3.05, 3.63) is 0 Å². The van der Waals surface area contributed by atoms with Crippen molar-refractivity contribution < 1.29 is 25.1 Å². The van der Waals surface area contributed by atoms with E-state index in [-0.39, 0.29) is 20.3 Å². The van der Waals surface area contributed by atoms with Crippen LogP contribution in [0, 0.1) is 0 Å². The van der Waals surface area contributed by atoms with Gasteiger partial charge in [0.25, 0.3) is 0 Å². The molecule has 0 aromatic heterocycles. The Hall–Kier alpha value is 0.267. The van der Waals surface area contributed by atoms with Gasteiger partial charge in [-0.3, -0.25) is 4.79 Å². The Morgan fingerprint density at radius 1 is 1.60 bits per heavy atom. The fourth-order valence-corrected chi connectivity index (χ4v) is 0.0510. The minimum atomic E-state index is 0. The molecule has 1 fully saturated rings. The first-order valence-corrected chi connectivity index (χ1v) is 1.41. The number of carbonyl (C=O) groups excluding carboxylic acids is 1. The van der Waals surface area contributed by atoms with E-state index in [1.54, 1.807) is 0 Å². The summed E-state index contributed by atoms with van der Waals surface area (Å²) in [6.07, 6.45) is 1.69. The Kier molecular flexibility index (Phi) is 1.73. The van der Waals surface area contributed by atoms with Crippen molar-refractivity contribution in [1.82, 2.24) is 0 Å². The maximum atomic E-state index is 9.56. The molecule has 0 spiro atoms. The first kappa shape index (κ1) is 5.27. The Morgan fingerprint density at radius 3 is 1.80 bits per heavy atom. The minimum Gasteiger partial charge on any atom is -1.00 e. The Bertz CT molecular complexity index is 48.8. The second kappa shape index (κ2) is 1.64. The molecular weight excluding hydrogens is 59.0 g/mol. The molecule has 1 aliphatic rings. The van der Waals surface area contributed by atoms with Crippen molar-refractivity contribution in [1.29, 1.82) is 0 Å². The predicted molar refractivity (Wildman–Crippen MR) is 15.4 cm³/mol. The number of carbonyl (C=O) groups is 1. The van der Waals surface area contributed by atoms with Crippen LogP contribution in [0.25, 0.3) is 0 Å². The van der Waals surface area contributed by atoms with Gasteiger partial charge in [-0.1, -0.05) is 0 Å². The number of ketones is 1. The summed E-state index contributed by atoms with van der Waals surface area (Å²) in [5, 5.41) is 0. The van der Waals surface area contributed by atoms with Gasteiger partial charge in [0.1, 0.15) is 5.78 Å². The van der Waals surface area contributed by atoms with Gasteiger partial charge in [-0.15, -0.1) is 0 Å². The molecule has 1 aliphatic carbocycles. The van der Waals surface area contributed by atoms with E-state index in [4.69, 9.17) is 0 Å². The zero-order valence-corrected chi connectivity index (χ0v) is 3.32. The molecule has 1 nitrogen and oxygen atoms in total. The summed E-state index contributed by atoms with van der Waals surface area (Å²) >= 11 is 0. The second-order valence-corrected chi connectivity index (χ2v) is 1.04. The third-order valence-corrected chi connectivity index (χ3v) is 0.454. The maximum absolute atomic E-state index is 9.56. The summed E-state index contributed by atoms with van der Waals surface area (Å²) in [4.78, 5) is 9.56. The molecule has 5 heavy (non-hydrogen) atoms. The van der Waals surface area contributed by atoms with Crippen LogP contribution in [0.1, 0.15) is 14.3 Å². The van der Waals surface area contributed by atoms with Crippen LogP contribution in [0.5, 0.6) is 0 Å². The molecule has 0 N–H and O–H groups in total. The molecule has 0 aromatic carbocycles. The average molecular weight is 64.0 g/mol. The smallest absolute Gasteiger partial charge is 1.00 e. The quantitative estimate of drug-likeness (QED) is 0.284. The number of hydrogen-bond acceptors (Lipinski definition) is 1. The molecule has 0 atom stereocenters. The molecule has 1 rings (SSSR count). The van der Waals surface area contributed by atoms with Crippen LogP contribution in [-0.2, 0) is 4.79 Å². The van der Waals surface area contributed by atoms with E-state index >= 15 is 0 Å². The van der Waals surface area contributed by atoms with Crippen LogP contribution in [0.15, 0.2) is 0 Å². The largest absolute Gasteiger partial charge is 1.00 e. The molecule has 0 radical (unpaired) electrons. The Balaban J connectivity index is 0. The zero-order chi connectivity index (χ0) is 2.99. The van der Waals surface area contributed by atoms with Crippen molar-refractivity contribution in [2.75, 3.05) is 0 Å². The fraction of sp³-hybridized carbons (Fsp3) is 0.667. The molecule has 0 heterocycles. The summed E-state index contributed by atoms with van der Waals surface area (Å²) in [5.41, 5.74) is 0. The fourth-order valence-electron chi connectivity index (χ4n) is 0.0510. The van der Waals surface area contributed by atoms with E-state index in [1.165, 1.54) is 0 Å². The van der Waals surface area contributed by atoms with Gasteiger partial charge in [-0.2, -0.15) is 0 Å². The van der Waals surface area contributed by atoms with Gasteiger partial charge in [-0.05, 0) is 0 Å². The third-order valence-electron chi connectivity index (χ3n) is 0.454.